The van der Waals surface area contributed by atoms with E-state index in [0.29, 0.717) is 5.69 Å². The maximum atomic E-state index is 11.0. The normalized spacial score (nSPS) is 10.2. The molecule has 0 aliphatic carbocycles. The molecule has 1 N–H and O–H groups in total. The van der Waals surface area contributed by atoms with Gasteiger partial charge in [0, 0.05) is 22.7 Å². The van der Waals surface area contributed by atoms with Crippen molar-refractivity contribution >= 4 is 27.6 Å². The van der Waals surface area contributed by atoms with E-state index in [1.807, 2.05) is 0 Å². The molecule has 0 saturated heterocycles. The van der Waals surface area contributed by atoms with Gasteiger partial charge in [-0.2, -0.15) is 0 Å². The fourth-order valence-electron chi connectivity index (χ4n) is 1.57. The summed E-state index contributed by atoms with van der Waals surface area (Å²) < 4.78 is 6.13. The second-order valence-electron chi connectivity index (χ2n) is 4.06. The summed E-state index contributed by atoms with van der Waals surface area (Å²) >= 11 is 3.28. The Bertz CT molecular complexity index is 732. The third kappa shape index (κ3) is 3.34. The Morgan fingerprint density at radius 2 is 2.10 bits per heavy atom. The molecule has 2 rings (SSSR count). The zero-order valence-corrected chi connectivity index (χ0v) is 12.3. The molecule has 0 unspecified atom stereocenters. The van der Waals surface area contributed by atoms with E-state index < -0.39 is 10.9 Å². The van der Waals surface area contributed by atoms with Gasteiger partial charge in [0.25, 0.3) is 0 Å². The number of nitro benzene ring substituents is 1. The molecule has 1 aromatic heterocycles. The molecule has 1 aromatic carbocycles. The molecular weight excluding hydrogens is 344 g/mol. The van der Waals surface area contributed by atoms with Gasteiger partial charge in [-0.3, -0.25) is 10.1 Å². The number of aromatic nitrogens is 1. The van der Waals surface area contributed by atoms with Crippen molar-refractivity contribution in [3.63, 3.8) is 0 Å². The first-order valence-corrected chi connectivity index (χ1v) is 6.50. The second-order valence-corrected chi connectivity index (χ2v) is 4.92. The highest BCUT2D eigenvalue weighted by Gasteiger charge is 2.19. The number of rotatable bonds is 4. The van der Waals surface area contributed by atoms with Crippen LogP contribution in [0.2, 0.25) is 0 Å². The quantitative estimate of drug-likeness (QED) is 0.666. The molecule has 0 bridgehead atoms. The van der Waals surface area contributed by atoms with Crippen LogP contribution in [-0.4, -0.2) is 21.0 Å². The molecule has 7 nitrogen and oxygen atoms in total. The Kier molecular flexibility index (Phi) is 4.18. The van der Waals surface area contributed by atoms with Gasteiger partial charge in [0.2, 0.25) is 11.6 Å². The van der Waals surface area contributed by atoms with E-state index >= 15 is 0 Å². The fraction of sp³-hybridized carbons (Fsp3) is 0.0769. The first-order chi connectivity index (χ1) is 9.88. The van der Waals surface area contributed by atoms with Gasteiger partial charge in [0.05, 0.1) is 16.2 Å². The minimum absolute atomic E-state index is 0.107. The van der Waals surface area contributed by atoms with Crippen molar-refractivity contribution < 1.29 is 19.6 Å². The summed E-state index contributed by atoms with van der Waals surface area (Å²) in [6, 6.07) is 6.54. The highest BCUT2D eigenvalue weighted by atomic mass is 79.9. The van der Waals surface area contributed by atoms with Gasteiger partial charge in [-0.25, -0.2) is 9.78 Å². The summed E-state index contributed by atoms with van der Waals surface area (Å²) in [4.78, 5) is 25.4. The Morgan fingerprint density at radius 3 is 2.67 bits per heavy atom. The Hall–Kier alpha value is -2.48. The third-order valence-corrected chi connectivity index (χ3v) is 3.45. The second kappa shape index (κ2) is 5.88. The third-order valence-electron chi connectivity index (χ3n) is 2.61. The van der Waals surface area contributed by atoms with Crippen LogP contribution >= 0.6 is 15.9 Å². The number of hydrogen-bond donors (Lipinski definition) is 1. The molecule has 0 aliphatic heterocycles. The average Bonchev–Trinajstić information content (AvgIpc) is 2.42. The first-order valence-electron chi connectivity index (χ1n) is 5.71. The predicted octanol–water partition coefficient (Wildman–Crippen LogP) is 3.55. The van der Waals surface area contributed by atoms with Gasteiger partial charge in [-0.05, 0) is 35.0 Å². The van der Waals surface area contributed by atoms with E-state index in [2.05, 4.69) is 20.9 Å². The summed E-state index contributed by atoms with van der Waals surface area (Å²) in [5, 5.41) is 19.9. The molecule has 8 heteroatoms. The van der Waals surface area contributed by atoms with Crippen molar-refractivity contribution in [2.45, 2.75) is 6.92 Å². The zero-order chi connectivity index (χ0) is 15.6. The number of hydrogen-bond acceptors (Lipinski definition) is 5. The highest BCUT2D eigenvalue weighted by Crippen LogP contribution is 2.32. The van der Waals surface area contributed by atoms with Crippen molar-refractivity contribution in [1.29, 1.82) is 0 Å². The topological polar surface area (TPSA) is 103 Å². The number of carboxylic acids is 1. The van der Waals surface area contributed by atoms with Gasteiger partial charge >= 0.3 is 11.7 Å². The lowest BCUT2D eigenvalue weighted by molar-refractivity contribution is -0.385. The van der Waals surface area contributed by atoms with Crippen LogP contribution in [0.25, 0.3) is 0 Å². The van der Waals surface area contributed by atoms with E-state index in [0.717, 1.165) is 22.7 Å². The van der Waals surface area contributed by atoms with E-state index in [9.17, 15) is 14.9 Å². The number of pyridine rings is 1. The number of ether oxygens (including phenoxy) is 1. The highest BCUT2D eigenvalue weighted by molar-refractivity contribution is 9.10. The van der Waals surface area contributed by atoms with Crippen molar-refractivity contribution in [3.8, 4) is 11.6 Å². The number of nitro groups is 1. The van der Waals surface area contributed by atoms with Crippen LogP contribution < -0.4 is 4.74 Å². The smallest absolute Gasteiger partial charge is 0.335 e. The molecule has 0 atom stereocenters. The van der Waals surface area contributed by atoms with Crippen molar-refractivity contribution in [2.75, 3.05) is 0 Å². The number of halogens is 1. The summed E-state index contributed by atoms with van der Waals surface area (Å²) in [5.74, 6) is -1.23. The standard InChI is InChI=1S/C13H9BrN2O5/c1-7-9(14)3-5-12(15-7)21-11-6-8(13(17)18)2-4-10(11)16(19)20/h2-6H,1H3,(H,17,18). The number of aryl methyl sites for hydroxylation is 1. The molecule has 108 valence electrons. The van der Waals surface area contributed by atoms with Crippen LogP contribution in [0.15, 0.2) is 34.8 Å². The molecule has 0 amide bonds. The zero-order valence-electron chi connectivity index (χ0n) is 10.7. The minimum Gasteiger partial charge on any atom is -0.478 e. The molecule has 21 heavy (non-hydrogen) atoms. The summed E-state index contributed by atoms with van der Waals surface area (Å²) in [6.07, 6.45) is 0. The number of nitrogens with zero attached hydrogens (tertiary/aromatic N) is 2. The van der Waals surface area contributed by atoms with Gasteiger partial charge < -0.3 is 9.84 Å². The Labute approximate surface area is 127 Å². The Morgan fingerprint density at radius 1 is 1.38 bits per heavy atom. The number of aromatic carboxylic acids is 1. The lowest BCUT2D eigenvalue weighted by atomic mass is 10.2. The van der Waals surface area contributed by atoms with Crippen molar-refractivity contribution in [3.05, 3.63) is 56.2 Å². The van der Waals surface area contributed by atoms with Crippen LogP contribution in [0.1, 0.15) is 16.1 Å². The molecule has 1 heterocycles. The molecule has 0 radical (unpaired) electrons. The van der Waals surface area contributed by atoms with Crippen LogP contribution in [0.4, 0.5) is 5.69 Å². The van der Waals surface area contributed by atoms with E-state index in [-0.39, 0.29) is 22.9 Å². The maximum absolute atomic E-state index is 11.0. The van der Waals surface area contributed by atoms with E-state index in [4.69, 9.17) is 9.84 Å². The van der Waals surface area contributed by atoms with Crippen LogP contribution in [-0.2, 0) is 0 Å². The lowest BCUT2D eigenvalue weighted by Crippen LogP contribution is -2.00. The molecule has 0 aliphatic rings. The van der Waals surface area contributed by atoms with Crippen LogP contribution in [0.3, 0.4) is 0 Å². The maximum Gasteiger partial charge on any atom is 0.335 e. The van der Waals surface area contributed by atoms with Crippen LogP contribution in [0, 0.1) is 17.0 Å². The van der Waals surface area contributed by atoms with Crippen molar-refractivity contribution in [1.82, 2.24) is 4.98 Å². The van der Waals surface area contributed by atoms with Crippen LogP contribution in [0.5, 0.6) is 11.6 Å². The summed E-state index contributed by atoms with van der Waals surface area (Å²) in [5.41, 5.74) is 0.205. The van der Waals surface area contributed by atoms with Gasteiger partial charge in [-0.15, -0.1) is 0 Å². The molecule has 0 fully saturated rings. The van der Waals surface area contributed by atoms with Gasteiger partial charge in [0.1, 0.15) is 0 Å². The predicted molar refractivity (Wildman–Crippen MR) is 76.8 cm³/mol. The van der Waals surface area contributed by atoms with Gasteiger partial charge in [-0.1, -0.05) is 0 Å². The lowest BCUT2D eigenvalue weighted by Gasteiger charge is -2.07. The number of carbonyl (C=O) groups is 1. The Balaban J connectivity index is 2.45. The van der Waals surface area contributed by atoms with Crippen molar-refractivity contribution in [2.24, 2.45) is 0 Å². The average molecular weight is 353 g/mol. The SMILES string of the molecule is Cc1nc(Oc2cc(C(=O)O)ccc2[N+](=O)[O-])ccc1Br. The first kappa shape index (κ1) is 14.9. The van der Waals surface area contributed by atoms with E-state index in [1.165, 1.54) is 6.07 Å². The molecular formula is C13H9BrN2O5. The monoisotopic (exact) mass is 352 g/mol. The van der Waals surface area contributed by atoms with E-state index in [1.54, 1.807) is 13.0 Å². The molecule has 0 saturated carbocycles. The summed E-state index contributed by atoms with van der Waals surface area (Å²) in [7, 11) is 0. The minimum atomic E-state index is -1.20. The number of carboxylic acid groups (broad SMARTS) is 1. The summed E-state index contributed by atoms with van der Waals surface area (Å²) in [6.45, 7) is 1.74. The molecule has 0 spiro atoms. The number of benzene rings is 1. The molecule has 2 aromatic rings. The fourth-order valence-corrected chi connectivity index (χ4v) is 1.79. The largest absolute Gasteiger partial charge is 0.478 e. The van der Waals surface area contributed by atoms with Gasteiger partial charge in [0.15, 0.2) is 0 Å².